The Morgan fingerprint density at radius 1 is 0.952 bits per heavy atom. The van der Waals surface area contributed by atoms with Crippen LogP contribution in [-0.2, 0) is 6.54 Å². The van der Waals surface area contributed by atoms with Gasteiger partial charge in [-0.1, -0.05) is 6.07 Å². The molecule has 0 saturated heterocycles. The Morgan fingerprint density at radius 2 is 1.48 bits per heavy atom. The van der Waals surface area contributed by atoms with Crippen LogP contribution in [0.1, 0.15) is 16.7 Å². The van der Waals surface area contributed by atoms with Crippen molar-refractivity contribution in [2.45, 2.75) is 20.4 Å². The second-order valence-corrected chi connectivity index (χ2v) is 5.34. The van der Waals surface area contributed by atoms with Crippen LogP contribution in [0.2, 0.25) is 0 Å². The number of anilines is 2. The van der Waals surface area contributed by atoms with E-state index in [-0.39, 0.29) is 5.69 Å². The lowest BCUT2D eigenvalue weighted by atomic mass is 10.1. The maximum atomic E-state index is 14.3. The van der Waals surface area contributed by atoms with Crippen LogP contribution in [0.3, 0.4) is 0 Å². The molecule has 2 aromatic rings. The van der Waals surface area contributed by atoms with Crippen molar-refractivity contribution in [2.75, 3.05) is 19.0 Å². The first-order chi connectivity index (χ1) is 9.92. The van der Waals surface area contributed by atoms with Gasteiger partial charge < -0.3 is 10.2 Å². The summed E-state index contributed by atoms with van der Waals surface area (Å²) in [5.74, 6) is -1.11. The molecule has 2 rings (SSSR count). The molecule has 0 spiro atoms. The molecule has 0 aliphatic heterocycles. The predicted molar refractivity (Wildman–Crippen MR) is 83.1 cm³/mol. The Balaban J connectivity index is 2.45. The van der Waals surface area contributed by atoms with Crippen molar-refractivity contribution in [3.8, 4) is 0 Å². The minimum atomic E-state index is -0.554. The summed E-state index contributed by atoms with van der Waals surface area (Å²) in [6, 6.07) is 8.59. The lowest BCUT2D eigenvalue weighted by molar-refractivity contribution is 0.578. The molecule has 0 aromatic heterocycles. The maximum absolute atomic E-state index is 14.3. The summed E-state index contributed by atoms with van der Waals surface area (Å²) in [5.41, 5.74) is 3.45. The minimum absolute atomic E-state index is 0.0279. The van der Waals surface area contributed by atoms with Crippen molar-refractivity contribution in [3.05, 3.63) is 58.7 Å². The highest BCUT2D eigenvalue weighted by atomic mass is 19.1. The van der Waals surface area contributed by atoms with Gasteiger partial charge in [-0.25, -0.2) is 8.78 Å². The van der Waals surface area contributed by atoms with E-state index in [1.54, 1.807) is 19.0 Å². The highest BCUT2D eigenvalue weighted by Gasteiger charge is 2.17. The van der Waals surface area contributed by atoms with Crippen molar-refractivity contribution in [3.63, 3.8) is 0 Å². The van der Waals surface area contributed by atoms with Crippen molar-refractivity contribution < 1.29 is 8.78 Å². The van der Waals surface area contributed by atoms with Crippen LogP contribution in [0.4, 0.5) is 20.2 Å². The Kier molecular flexibility index (Phi) is 4.58. The zero-order valence-corrected chi connectivity index (χ0v) is 12.8. The van der Waals surface area contributed by atoms with E-state index in [0.717, 1.165) is 16.8 Å². The zero-order valence-electron chi connectivity index (χ0n) is 12.8. The Labute approximate surface area is 124 Å². The van der Waals surface area contributed by atoms with Gasteiger partial charge in [0, 0.05) is 19.3 Å². The van der Waals surface area contributed by atoms with Crippen LogP contribution >= 0.6 is 0 Å². The standard InChI is InChI=1S/C17H20F2N2/c1-11-5-12(2)7-14(6-11)21(4)17-15(18)8-13(10-20-3)9-16(17)19/h5-9,20H,10H2,1-4H3. The van der Waals surface area contributed by atoms with E-state index in [4.69, 9.17) is 0 Å². The van der Waals surface area contributed by atoms with Gasteiger partial charge in [-0.2, -0.15) is 0 Å². The smallest absolute Gasteiger partial charge is 0.150 e. The van der Waals surface area contributed by atoms with Crippen LogP contribution in [0.15, 0.2) is 30.3 Å². The molecule has 0 heterocycles. The van der Waals surface area contributed by atoms with E-state index in [2.05, 4.69) is 5.32 Å². The van der Waals surface area contributed by atoms with E-state index in [1.807, 2.05) is 32.0 Å². The molecule has 2 nitrogen and oxygen atoms in total. The van der Waals surface area contributed by atoms with Crippen LogP contribution < -0.4 is 10.2 Å². The largest absolute Gasteiger partial charge is 0.340 e. The monoisotopic (exact) mass is 290 g/mol. The molecule has 0 bridgehead atoms. The predicted octanol–water partition coefficient (Wildman–Crippen LogP) is 4.07. The Morgan fingerprint density at radius 3 is 1.95 bits per heavy atom. The third kappa shape index (κ3) is 3.39. The first-order valence-electron chi connectivity index (χ1n) is 6.87. The Bertz CT molecular complexity index is 610. The lowest BCUT2D eigenvalue weighted by Crippen LogP contribution is -2.15. The number of halogens is 2. The van der Waals surface area contributed by atoms with Gasteiger partial charge in [-0.05, 0) is 61.9 Å². The summed E-state index contributed by atoms with van der Waals surface area (Å²) in [4.78, 5) is 1.55. The highest BCUT2D eigenvalue weighted by Crippen LogP contribution is 2.31. The van der Waals surface area contributed by atoms with E-state index < -0.39 is 11.6 Å². The summed E-state index contributed by atoms with van der Waals surface area (Å²) in [7, 11) is 3.42. The summed E-state index contributed by atoms with van der Waals surface area (Å²) in [6.45, 7) is 4.36. The zero-order chi connectivity index (χ0) is 15.6. The lowest BCUT2D eigenvalue weighted by Gasteiger charge is -2.22. The molecular weight excluding hydrogens is 270 g/mol. The van der Waals surface area contributed by atoms with E-state index in [9.17, 15) is 8.78 Å². The molecule has 0 saturated carbocycles. The average molecular weight is 290 g/mol. The van der Waals surface area contributed by atoms with Gasteiger partial charge >= 0.3 is 0 Å². The molecule has 0 aliphatic carbocycles. The molecule has 0 radical (unpaired) electrons. The minimum Gasteiger partial charge on any atom is -0.340 e. The van der Waals surface area contributed by atoms with Crippen LogP contribution in [0, 0.1) is 25.5 Å². The maximum Gasteiger partial charge on any atom is 0.150 e. The third-order valence-electron chi connectivity index (χ3n) is 3.39. The van der Waals surface area contributed by atoms with Gasteiger partial charge in [-0.15, -0.1) is 0 Å². The number of hydrogen-bond donors (Lipinski definition) is 1. The first-order valence-corrected chi connectivity index (χ1v) is 6.87. The van der Waals surface area contributed by atoms with Crippen LogP contribution in [0.25, 0.3) is 0 Å². The highest BCUT2D eigenvalue weighted by molar-refractivity contribution is 5.65. The van der Waals surface area contributed by atoms with Gasteiger partial charge in [-0.3, -0.25) is 0 Å². The number of rotatable bonds is 4. The summed E-state index contributed by atoms with van der Waals surface area (Å²) in [5, 5.41) is 2.89. The first kappa shape index (κ1) is 15.4. The SMILES string of the molecule is CNCc1cc(F)c(N(C)c2cc(C)cc(C)c2)c(F)c1. The van der Waals surface area contributed by atoms with Crippen molar-refractivity contribution >= 4 is 11.4 Å². The second-order valence-electron chi connectivity index (χ2n) is 5.34. The van der Waals surface area contributed by atoms with Crippen molar-refractivity contribution in [2.24, 2.45) is 0 Å². The molecule has 21 heavy (non-hydrogen) atoms. The fraction of sp³-hybridized carbons (Fsp3) is 0.294. The molecule has 0 aliphatic rings. The average Bonchev–Trinajstić information content (AvgIpc) is 2.36. The fourth-order valence-electron chi connectivity index (χ4n) is 2.52. The number of nitrogens with zero attached hydrogens (tertiary/aromatic N) is 1. The molecule has 0 unspecified atom stereocenters. The second kappa shape index (κ2) is 6.22. The fourth-order valence-corrected chi connectivity index (χ4v) is 2.52. The Hall–Kier alpha value is -1.94. The van der Waals surface area contributed by atoms with Crippen LogP contribution in [-0.4, -0.2) is 14.1 Å². The van der Waals surface area contributed by atoms with Gasteiger partial charge in [0.2, 0.25) is 0 Å². The molecule has 0 fully saturated rings. The van der Waals surface area contributed by atoms with E-state index >= 15 is 0 Å². The quantitative estimate of drug-likeness (QED) is 0.913. The normalized spacial score (nSPS) is 10.8. The van der Waals surface area contributed by atoms with Crippen LogP contribution in [0.5, 0.6) is 0 Å². The van der Waals surface area contributed by atoms with Gasteiger partial charge in [0.15, 0.2) is 0 Å². The molecule has 2 aromatic carbocycles. The number of hydrogen-bond acceptors (Lipinski definition) is 2. The topological polar surface area (TPSA) is 15.3 Å². The third-order valence-corrected chi connectivity index (χ3v) is 3.39. The van der Waals surface area contributed by atoms with Gasteiger partial charge in [0.05, 0.1) is 0 Å². The molecular formula is C17H20F2N2. The van der Waals surface area contributed by atoms with E-state index in [1.165, 1.54) is 12.1 Å². The van der Waals surface area contributed by atoms with E-state index in [0.29, 0.717) is 12.1 Å². The summed E-state index contributed by atoms with van der Waals surface area (Å²) < 4.78 is 28.5. The van der Waals surface area contributed by atoms with Crippen molar-refractivity contribution in [1.82, 2.24) is 5.32 Å². The number of benzene rings is 2. The molecule has 4 heteroatoms. The molecule has 0 amide bonds. The number of aryl methyl sites for hydroxylation is 2. The molecule has 1 N–H and O–H groups in total. The summed E-state index contributed by atoms with van der Waals surface area (Å²) >= 11 is 0. The molecule has 0 atom stereocenters. The van der Waals surface area contributed by atoms with Gasteiger partial charge in [0.25, 0.3) is 0 Å². The molecule has 112 valence electrons. The van der Waals surface area contributed by atoms with Crippen molar-refractivity contribution in [1.29, 1.82) is 0 Å². The number of nitrogens with one attached hydrogen (secondary N) is 1. The van der Waals surface area contributed by atoms with Gasteiger partial charge in [0.1, 0.15) is 17.3 Å². The summed E-state index contributed by atoms with van der Waals surface area (Å²) in [6.07, 6.45) is 0.